The molecule has 57 heavy (non-hydrogen) atoms. The van der Waals surface area contributed by atoms with Crippen molar-refractivity contribution in [1.29, 1.82) is 0 Å². The zero-order valence-corrected chi connectivity index (χ0v) is 34.4. The fourth-order valence-electron chi connectivity index (χ4n) is 8.94. The van der Waals surface area contributed by atoms with Gasteiger partial charge in [0.2, 0.25) is 0 Å². The maximum Gasteiger partial charge on any atom is 0.293 e. The molecule has 2 saturated heterocycles. The van der Waals surface area contributed by atoms with Crippen LogP contribution in [0, 0.1) is 26.9 Å². The van der Waals surface area contributed by atoms with Crippen molar-refractivity contribution in [3.8, 4) is 11.5 Å². The standard InChI is InChI=1S/C43H52ClN7O5S/c1-42(2)11-9-32(31(23-42)4-3-12-44)26-49-14-16-50(17-15-49)33-5-7-36(39(19-33)56-34-18-30-10-13-45-40(30)47-25-34)41(52)48-57-35-6-8-37(38(20-35)51(53)54)46-24-29-21-43(22-29)27-55-28-43/h5-8,10,13,18-20,25,29,46H,3-4,9,11-12,14-17,21-24,26-28H2,1-2H3,(H,45,47)(H,48,52). The summed E-state index contributed by atoms with van der Waals surface area (Å²) in [5.41, 5.74) is 6.42. The molecule has 0 atom stereocenters. The third-order valence-electron chi connectivity index (χ3n) is 12.1. The molecule has 4 heterocycles. The van der Waals surface area contributed by atoms with Crippen molar-refractivity contribution in [2.75, 3.05) is 68.6 Å². The van der Waals surface area contributed by atoms with Gasteiger partial charge in [-0.05, 0) is 105 Å². The number of nitro groups is 1. The van der Waals surface area contributed by atoms with Crippen LogP contribution in [-0.2, 0) is 4.74 Å². The van der Waals surface area contributed by atoms with Gasteiger partial charge in [-0.2, -0.15) is 0 Å². The van der Waals surface area contributed by atoms with Crippen molar-refractivity contribution in [1.82, 2.24) is 19.6 Å². The van der Waals surface area contributed by atoms with Crippen molar-refractivity contribution in [2.45, 2.75) is 63.7 Å². The summed E-state index contributed by atoms with van der Waals surface area (Å²) in [6.45, 7) is 11.7. The monoisotopic (exact) mass is 813 g/mol. The highest BCUT2D eigenvalue weighted by molar-refractivity contribution is 7.98. The number of benzene rings is 2. The number of anilines is 2. The number of nitrogens with one attached hydrogen (secondary N) is 3. The number of nitrogens with zero attached hydrogens (tertiary/aromatic N) is 4. The lowest BCUT2D eigenvalue weighted by Crippen LogP contribution is -2.53. The van der Waals surface area contributed by atoms with Gasteiger partial charge in [-0.1, -0.05) is 25.0 Å². The summed E-state index contributed by atoms with van der Waals surface area (Å²) >= 11 is 7.14. The number of alkyl halides is 1. The molecule has 2 aromatic carbocycles. The predicted octanol–water partition coefficient (Wildman–Crippen LogP) is 9.19. The third kappa shape index (κ3) is 9.22. The minimum absolute atomic E-state index is 0.0254. The number of aromatic nitrogens is 2. The molecular weight excluding hydrogens is 762 g/mol. The average molecular weight is 814 g/mol. The summed E-state index contributed by atoms with van der Waals surface area (Å²) in [7, 11) is 0. The molecule has 1 saturated carbocycles. The summed E-state index contributed by atoms with van der Waals surface area (Å²) in [6.07, 6.45) is 11.3. The van der Waals surface area contributed by atoms with Gasteiger partial charge in [-0.25, -0.2) is 4.98 Å². The number of hydrogen-bond acceptors (Lipinski definition) is 10. The minimum Gasteiger partial charge on any atom is -0.455 e. The van der Waals surface area contributed by atoms with E-state index in [1.165, 1.54) is 12.5 Å². The average Bonchev–Trinajstić information content (AvgIpc) is 3.64. The Morgan fingerprint density at radius 3 is 2.68 bits per heavy atom. The lowest BCUT2D eigenvalue weighted by atomic mass is 9.61. The molecule has 4 aliphatic rings. The molecule has 1 spiro atoms. The van der Waals surface area contributed by atoms with Crippen LogP contribution in [0.5, 0.6) is 11.5 Å². The molecular formula is C43H52ClN7O5S. The molecule has 2 aliphatic heterocycles. The first-order valence-electron chi connectivity index (χ1n) is 20.1. The number of rotatable bonds is 15. The van der Waals surface area contributed by atoms with Gasteiger partial charge in [0.05, 0.1) is 29.9 Å². The SMILES string of the molecule is CC1(C)CCC(CN2CCN(c3ccc(C(=O)NSc4ccc(NCC5CC6(COC6)C5)c([N+](=O)[O-])c4)c(Oc4cnc5[nH]ccc5c4)c3)CC2)=C(CCCCl)C1. The summed E-state index contributed by atoms with van der Waals surface area (Å²) in [5.74, 6) is 1.72. The summed E-state index contributed by atoms with van der Waals surface area (Å²) in [6, 6.07) is 14.5. The van der Waals surface area contributed by atoms with Crippen LogP contribution in [0.1, 0.15) is 69.2 Å². The number of halogens is 1. The van der Waals surface area contributed by atoms with E-state index in [-0.39, 0.29) is 16.5 Å². The Kier molecular flexibility index (Phi) is 11.7. The van der Waals surface area contributed by atoms with Gasteiger partial charge >= 0.3 is 0 Å². The number of amides is 1. The van der Waals surface area contributed by atoms with E-state index in [0.717, 1.165) is 113 Å². The van der Waals surface area contributed by atoms with E-state index in [4.69, 9.17) is 21.1 Å². The largest absolute Gasteiger partial charge is 0.455 e. The van der Waals surface area contributed by atoms with Gasteiger partial charge in [0, 0.05) is 84.9 Å². The second-order valence-electron chi connectivity index (χ2n) is 17.1. The smallest absolute Gasteiger partial charge is 0.293 e. The van der Waals surface area contributed by atoms with Crippen molar-refractivity contribution < 1.29 is 19.2 Å². The van der Waals surface area contributed by atoms with E-state index in [1.54, 1.807) is 35.5 Å². The molecule has 12 nitrogen and oxygen atoms in total. The zero-order chi connectivity index (χ0) is 39.6. The van der Waals surface area contributed by atoms with Gasteiger partial charge in [-0.15, -0.1) is 11.6 Å². The Hall–Kier alpha value is -4.30. The Labute approximate surface area is 343 Å². The summed E-state index contributed by atoms with van der Waals surface area (Å²) < 4.78 is 14.7. The fraction of sp³-hybridized carbons (Fsp3) is 0.488. The molecule has 0 unspecified atom stereocenters. The highest BCUT2D eigenvalue weighted by atomic mass is 35.5. The van der Waals surface area contributed by atoms with Gasteiger partial charge in [0.15, 0.2) is 0 Å². The minimum atomic E-state index is -0.384. The first-order chi connectivity index (χ1) is 27.5. The molecule has 302 valence electrons. The summed E-state index contributed by atoms with van der Waals surface area (Å²) in [4.78, 5) is 38.5. The van der Waals surface area contributed by atoms with Crippen LogP contribution in [0.2, 0.25) is 0 Å². The van der Waals surface area contributed by atoms with Gasteiger partial charge in [-0.3, -0.25) is 24.5 Å². The van der Waals surface area contributed by atoms with Crippen LogP contribution in [0.4, 0.5) is 17.1 Å². The van der Waals surface area contributed by atoms with Crippen LogP contribution < -0.4 is 19.7 Å². The number of carbonyl (C=O) groups excluding carboxylic acids is 1. The van der Waals surface area contributed by atoms with Crippen LogP contribution in [-0.4, -0.2) is 84.1 Å². The van der Waals surface area contributed by atoms with Crippen molar-refractivity contribution in [2.24, 2.45) is 16.7 Å². The third-order valence-corrected chi connectivity index (χ3v) is 13.2. The molecule has 3 N–H and O–H groups in total. The van der Waals surface area contributed by atoms with Crippen molar-refractivity contribution in [3.63, 3.8) is 0 Å². The number of carbonyl (C=O) groups is 1. The van der Waals surface area contributed by atoms with Crippen LogP contribution in [0.15, 0.2) is 77.0 Å². The predicted molar refractivity (Wildman–Crippen MR) is 227 cm³/mol. The van der Waals surface area contributed by atoms with Gasteiger partial charge in [0.1, 0.15) is 22.8 Å². The van der Waals surface area contributed by atoms with Crippen LogP contribution in [0.3, 0.4) is 0 Å². The second-order valence-corrected chi connectivity index (χ2v) is 18.3. The van der Waals surface area contributed by atoms with Gasteiger partial charge in [0.25, 0.3) is 11.6 Å². The number of fused-ring (bicyclic) bond motifs is 1. The molecule has 3 fully saturated rings. The topological polar surface area (TPSA) is 138 Å². The molecule has 0 radical (unpaired) electrons. The number of hydrogen-bond donors (Lipinski definition) is 3. The number of aromatic amines is 1. The molecule has 2 aromatic heterocycles. The molecule has 4 aromatic rings. The molecule has 8 rings (SSSR count). The zero-order valence-electron chi connectivity index (χ0n) is 32.8. The maximum absolute atomic E-state index is 13.8. The van der Waals surface area contributed by atoms with E-state index in [0.29, 0.717) is 56.8 Å². The maximum atomic E-state index is 13.8. The highest BCUT2D eigenvalue weighted by Gasteiger charge is 2.49. The lowest BCUT2D eigenvalue weighted by Gasteiger charge is -2.53. The number of piperazine rings is 1. The Morgan fingerprint density at radius 1 is 1.11 bits per heavy atom. The van der Waals surface area contributed by atoms with E-state index in [2.05, 4.69) is 43.7 Å². The first-order valence-corrected chi connectivity index (χ1v) is 21.5. The number of allylic oxidation sites excluding steroid dienone is 1. The fourth-order valence-corrected chi connectivity index (χ4v) is 9.70. The Balaban J connectivity index is 0.943. The van der Waals surface area contributed by atoms with E-state index in [9.17, 15) is 14.9 Å². The highest BCUT2D eigenvalue weighted by Crippen LogP contribution is 2.50. The molecule has 1 amide bonds. The van der Waals surface area contributed by atoms with E-state index in [1.807, 2.05) is 30.5 Å². The Morgan fingerprint density at radius 2 is 1.93 bits per heavy atom. The number of nitro benzene ring substituents is 1. The first kappa shape index (κ1) is 39.5. The Bertz CT molecular complexity index is 2140. The van der Waals surface area contributed by atoms with E-state index < -0.39 is 0 Å². The van der Waals surface area contributed by atoms with Crippen molar-refractivity contribution >= 4 is 57.6 Å². The molecule has 14 heteroatoms. The van der Waals surface area contributed by atoms with Crippen LogP contribution >= 0.6 is 23.5 Å². The quantitative estimate of drug-likeness (QED) is 0.0350. The second kappa shape index (κ2) is 16.9. The van der Waals surface area contributed by atoms with Gasteiger partial charge < -0.3 is 24.7 Å². The molecule has 0 bridgehead atoms. The lowest BCUT2D eigenvalue weighted by molar-refractivity contribution is -0.384. The number of ether oxygens (including phenoxy) is 2. The van der Waals surface area contributed by atoms with E-state index >= 15 is 0 Å². The van der Waals surface area contributed by atoms with Crippen molar-refractivity contribution in [3.05, 3.63) is 87.7 Å². The number of H-pyrrole nitrogens is 1. The molecule has 2 aliphatic carbocycles. The number of pyridine rings is 1. The normalized spacial score (nSPS) is 19.3. The summed E-state index contributed by atoms with van der Waals surface area (Å²) in [5, 5.41) is 16.2. The van der Waals surface area contributed by atoms with Crippen LogP contribution in [0.25, 0.3) is 11.0 Å².